The van der Waals surface area contributed by atoms with Crippen molar-refractivity contribution in [1.82, 2.24) is 14.6 Å². The number of aromatic nitrogens is 1. The number of nitrogens with one attached hydrogen (secondary N) is 1. The van der Waals surface area contributed by atoms with E-state index in [4.69, 9.17) is 9.84 Å². The number of sulfonamides is 1. The standard InChI is InChI=1S/C31H37N3O8S/c35-17-18-43(40,41)33-30(37)27-13-12-24(19-29(27)42-26-6-2-1-3-7-26)23-10-8-22(9-11-23)14-16-34(31(38)39)21-28(36)25-5-4-15-32-20-25/h4-5,8-13,15,19-20,26,28,35-36H,1-3,6-7,14,16-18,21H2,(H,33,37)(H,38,39)/t28-/m1/s1. The van der Waals surface area contributed by atoms with E-state index in [2.05, 4.69) is 4.98 Å². The SMILES string of the molecule is O=C(NS(=O)(=O)CCO)c1ccc(-c2ccc(CCN(C[C@@H](O)c3cccnc3)C(=O)O)cc2)cc1OC1CCCCC1. The second-order valence-electron chi connectivity index (χ2n) is 10.5. The van der Waals surface area contributed by atoms with Crippen LogP contribution in [0.2, 0.25) is 0 Å². The summed E-state index contributed by atoms with van der Waals surface area (Å²) in [5.41, 5.74) is 3.13. The van der Waals surface area contributed by atoms with Crippen LogP contribution < -0.4 is 9.46 Å². The van der Waals surface area contributed by atoms with Gasteiger partial charge in [-0.1, -0.05) is 42.8 Å². The van der Waals surface area contributed by atoms with Gasteiger partial charge < -0.3 is 25.0 Å². The number of hydrogen-bond donors (Lipinski definition) is 4. The Kier molecular flexibility index (Phi) is 11.1. The third-order valence-electron chi connectivity index (χ3n) is 7.37. The predicted molar refractivity (Wildman–Crippen MR) is 160 cm³/mol. The summed E-state index contributed by atoms with van der Waals surface area (Å²) in [6.07, 6.45) is 6.16. The summed E-state index contributed by atoms with van der Waals surface area (Å²) in [6.45, 7) is -0.497. The Hall–Kier alpha value is -4.00. The number of amides is 2. The van der Waals surface area contributed by atoms with Crippen LogP contribution in [0.5, 0.6) is 5.75 Å². The first-order valence-corrected chi connectivity index (χ1v) is 15.9. The van der Waals surface area contributed by atoms with Crippen LogP contribution in [0.15, 0.2) is 67.0 Å². The maximum absolute atomic E-state index is 12.9. The Bertz CT molecular complexity index is 1480. The van der Waals surface area contributed by atoms with Gasteiger partial charge in [-0.15, -0.1) is 0 Å². The van der Waals surface area contributed by atoms with E-state index in [1.54, 1.807) is 30.5 Å². The van der Waals surface area contributed by atoms with Crippen molar-refractivity contribution in [2.75, 3.05) is 25.4 Å². The molecule has 1 aromatic heterocycles. The van der Waals surface area contributed by atoms with Crippen LogP contribution in [-0.2, 0) is 16.4 Å². The van der Waals surface area contributed by atoms with Gasteiger partial charge in [0.2, 0.25) is 10.0 Å². The van der Waals surface area contributed by atoms with Gasteiger partial charge in [0.1, 0.15) is 5.75 Å². The van der Waals surface area contributed by atoms with Crippen molar-refractivity contribution >= 4 is 22.0 Å². The van der Waals surface area contributed by atoms with Crippen molar-refractivity contribution in [3.63, 3.8) is 0 Å². The van der Waals surface area contributed by atoms with E-state index >= 15 is 0 Å². The number of nitrogens with zero attached hydrogens (tertiary/aromatic N) is 2. The molecule has 0 spiro atoms. The molecule has 12 heteroatoms. The number of benzene rings is 2. The molecule has 2 amide bonds. The number of aliphatic hydroxyl groups excluding tert-OH is 2. The Morgan fingerprint density at radius 3 is 2.42 bits per heavy atom. The fraction of sp³-hybridized carbons (Fsp3) is 0.387. The first-order chi connectivity index (χ1) is 20.6. The lowest BCUT2D eigenvalue weighted by Gasteiger charge is -2.24. The molecule has 1 fully saturated rings. The molecule has 2 aromatic carbocycles. The molecular formula is C31H37N3O8S. The van der Waals surface area contributed by atoms with E-state index in [1.807, 2.05) is 29.0 Å². The van der Waals surface area contributed by atoms with E-state index in [0.29, 0.717) is 12.0 Å². The van der Waals surface area contributed by atoms with Crippen molar-refractivity contribution in [2.24, 2.45) is 0 Å². The van der Waals surface area contributed by atoms with E-state index in [-0.39, 0.29) is 30.5 Å². The summed E-state index contributed by atoms with van der Waals surface area (Å²) in [5, 5.41) is 29.1. The van der Waals surface area contributed by atoms with Crippen molar-refractivity contribution in [3.8, 4) is 16.9 Å². The third-order valence-corrected chi connectivity index (χ3v) is 8.59. The summed E-state index contributed by atoms with van der Waals surface area (Å²) in [4.78, 5) is 29.8. The van der Waals surface area contributed by atoms with E-state index in [0.717, 1.165) is 48.8 Å². The quantitative estimate of drug-likeness (QED) is 0.225. The largest absolute Gasteiger partial charge is 0.490 e. The van der Waals surface area contributed by atoms with Crippen molar-refractivity contribution in [2.45, 2.75) is 50.7 Å². The average Bonchev–Trinajstić information content (AvgIpc) is 3.00. The molecule has 4 N–H and O–H groups in total. The van der Waals surface area contributed by atoms with Gasteiger partial charge in [-0.25, -0.2) is 17.9 Å². The summed E-state index contributed by atoms with van der Waals surface area (Å²) >= 11 is 0. The van der Waals surface area contributed by atoms with E-state index < -0.39 is 40.5 Å². The fourth-order valence-electron chi connectivity index (χ4n) is 5.00. The minimum Gasteiger partial charge on any atom is -0.490 e. The van der Waals surface area contributed by atoms with Gasteiger partial charge in [0.05, 0.1) is 36.7 Å². The number of aliphatic hydroxyl groups is 2. The predicted octanol–water partition coefficient (Wildman–Crippen LogP) is 3.77. The Morgan fingerprint density at radius 1 is 1.05 bits per heavy atom. The maximum Gasteiger partial charge on any atom is 0.407 e. The Labute approximate surface area is 251 Å². The lowest BCUT2D eigenvalue weighted by Crippen LogP contribution is -2.35. The van der Waals surface area contributed by atoms with Gasteiger partial charge in [-0.3, -0.25) is 9.78 Å². The van der Waals surface area contributed by atoms with Crippen LogP contribution in [0, 0.1) is 0 Å². The highest BCUT2D eigenvalue weighted by Gasteiger charge is 2.23. The topological polar surface area (TPSA) is 166 Å². The summed E-state index contributed by atoms with van der Waals surface area (Å²) in [6, 6.07) is 15.9. The monoisotopic (exact) mass is 611 g/mol. The molecule has 3 aromatic rings. The summed E-state index contributed by atoms with van der Waals surface area (Å²) < 4.78 is 32.4. The number of rotatable bonds is 13. The number of pyridine rings is 1. The number of carbonyl (C=O) groups is 2. The first-order valence-electron chi connectivity index (χ1n) is 14.3. The first kappa shape index (κ1) is 31.9. The lowest BCUT2D eigenvalue weighted by molar-refractivity contribution is 0.0966. The minimum atomic E-state index is -4.00. The molecule has 230 valence electrons. The fourth-order valence-corrected chi connectivity index (χ4v) is 5.73. The normalized spacial score (nSPS) is 14.6. The van der Waals surface area contributed by atoms with Gasteiger partial charge in [0.25, 0.3) is 5.91 Å². The Balaban J connectivity index is 1.48. The highest BCUT2D eigenvalue weighted by Crippen LogP contribution is 2.31. The van der Waals surface area contributed by atoms with Crippen LogP contribution in [0.4, 0.5) is 4.79 Å². The van der Waals surface area contributed by atoms with Gasteiger partial charge >= 0.3 is 6.09 Å². The molecule has 1 heterocycles. The molecule has 0 saturated heterocycles. The molecule has 0 aliphatic heterocycles. The molecule has 0 radical (unpaired) electrons. The number of carbonyl (C=O) groups excluding carboxylic acids is 1. The zero-order valence-corrected chi connectivity index (χ0v) is 24.6. The molecule has 0 bridgehead atoms. The van der Waals surface area contributed by atoms with Gasteiger partial charge in [-0.2, -0.15) is 0 Å². The second-order valence-corrected chi connectivity index (χ2v) is 12.4. The van der Waals surface area contributed by atoms with Crippen molar-refractivity contribution in [1.29, 1.82) is 0 Å². The second kappa shape index (κ2) is 14.9. The maximum atomic E-state index is 12.9. The third kappa shape index (κ3) is 9.24. The minimum absolute atomic E-state index is 0.0793. The van der Waals surface area contributed by atoms with Crippen molar-refractivity contribution in [3.05, 3.63) is 83.7 Å². The molecule has 4 rings (SSSR count). The Morgan fingerprint density at radius 2 is 1.77 bits per heavy atom. The molecule has 0 unspecified atom stereocenters. The molecule has 43 heavy (non-hydrogen) atoms. The van der Waals surface area contributed by atoms with Gasteiger partial charge in [-0.05, 0) is 67.0 Å². The lowest BCUT2D eigenvalue weighted by atomic mass is 9.97. The molecule has 1 saturated carbocycles. The summed E-state index contributed by atoms with van der Waals surface area (Å²) in [5.74, 6) is -1.12. The molecule has 1 aliphatic carbocycles. The van der Waals surface area contributed by atoms with E-state index in [9.17, 15) is 28.2 Å². The van der Waals surface area contributed by atoms with Crippen LogP contribution in [0.25, 0.3) is 11.1 Å². The zero-order chi connectivity index (χ0) is 30.8. The molecular weight excluding hydrogens is 574 g/mol. The highest BCUT2D eigenvalue weighted by molar-refractivity contribution is 7.90. The summed E-state index contributed by atoms with van der Waals surface area (Å²) in [7, 11) is -4.00. The van der Waals surface area contributed by atoms with Gasteiger partial charge in [0, 0.05) is 24.5 Å². The van der Waals surface area contributed by atoms with Gasteiger partial charge in [0.15, 0.2) is 0 Å². The highest BCUT2D eigenvalue weighted by atomic mass is 32.2. The smallest absolute Gasteiger partial charge is 0.407 e. The molecule has 1 aliphatic rings. The average molecular weight is 612 g/mol. The number of ether oxygens (including phenoxy) is 1. The van der Waals surface area contributed by atoms with Crippen molar-refractivity contribution < 1.29 is 38.1 Å². The van der Waals surface area contributed by atoms with Crippen LogP contribution in [0.1, 0.15) is 59.7 Å². The van der Waals surface area contributed by atoms with Crippen LogP contribution >= 0.6 is 0 Å². The zero-order valence-electron chi connectivity index (χ0n) is 23.8. The number of carboxylic acid groups (broad SMARTS) is 1. The molecule has 1 atom stereocenters. The number of hydrogen-bond acceptors (Lipinski definition) is 8. The van der Waals surface area contributed by atoms with E-state index in [1.165, 1.54) is 17.2 Å². The van der Waals surface area contributed by atoms with Crippen LogP contribution in [-0.4, -0.2) is 77.2 Å². The van der Waals surface area contributed by atoms with Crippen LogP contribution in [0.3, 0.4) is 0 Å². The molecule has 11 nitrogen and oxygen atoms in total.